The Labute approximate surface area is 156 Å². The molecule has 0 amide bonds. The molecule has 0 saturated heterocycles. The zero-order valence-corrected chi connectivity index (χ0v) is 15.5. The maximum absolute atomic E-state index is 11.1. The predicted octanol–water partition coefficient (Wildman–Crippen LogP) is 5.38. The first-order valence-corrected chi connectivity index (χ1v) is 9.31. The summed E-state index contributed by atoms with van der Waals surface area (Å²) >= 11 is 1.77. The molecule has 1 N–H and O–H groups in total. The molecule has 0 unspecified atom stereocenters. The molecule has 0 heterocycles. The van der Waals surface area contributed by atoms with Crippen molar-refractivity contribution in [1.29, 1.82) is 0 Å². The van der Waals surface area contributed by atoms with Crippen molar-refractivity contribution >= 4 is 28.5 Å². The van der Waals surface area contributed by atoms with Crippen LogP contribution < -0.4 is 9.47 Å². The lowest BCUT2D eigenvalue weighted by Crippen LogP contribution is -2.00. The van der Waals surface area contributed by atoms with E-state index in [1.165, 1.54) is 4.90 Å². The topological polar surface area (TPSA) is 55.8 Å². The van der Waals surface area contributed by atoms with E-state index in [0.29, 0.717) is 17.1 Å². The van der Waals surface area contributed by atoms with Gasteiger partial charge in [0.1, 0.15) is 17.2 Å². The minimum absolute atomic E-state index is 0.0512. The van der Waals surface area contributed by atoms with Gasteiger partial charge in [0.25, 0.3) is 0 Å². The van der Waals surface area contributed by atoms with E-state index >= 15 is 0 Å². The highest BCUT2D eigenvalue weighted by atomic mass is 32.2. The number of benzene rings is 3. The van der Waals surface area contributed by atoms with E-state index in [4.69, 9.17) is 14.6 Å². The van der Waals surface area contributed by atoms with Crippen molar-refractivity contribution in [1.82, 2.24) is 0 Å². The van der Waals surface area contributed by atoms with Crippen LogP contribution in [0.15, 0.2) is 59.5 Å². The molecular weight excluding hydrogens is 348 g/mol. The molecule has 0 fully saturated rings. The highest BCUT2D eigenvalue weighted by Gasteiger charge is 2.10. The SMILES string of the molecule is CCSc1ccc(Oc2cc(CC(=O)O)cc3ccc(OC)cc23)cc1. The third-order valence-corrected chi connectivity index (χ3v) is 4.80. The number of carboxylic acids is 1. The number of hydrogen-bond donors (Lipinski definition) is 1. The molecule has 0 spiro atoms. The molecule has 3 rings (SSSR count). The summed E-state index contributed by atoms with van der Waals surface area (Å²) in [6.07, 6.45) is -0.0512. The molecule has 5 heteroatoms. The maximum atomic E-state index is 11.1. The van der Waals surface area contributed by atoms with Crippen LogP contribution in [0.1, 0.15) is 12.5 Å². The van der Waals surface area contributed by atoms with Crippen LogP contribution in [0.4, 0.5) is 0 Å². The number of carboxylic acid groups (broad SMARTS) is 1. The Morgan fingerprint density at radius 3 is 2.42 bits per heavy atom. The maximum Gasteiger partial charge on any atom is 0.307 e. The van der Waals surface area contributed by atoms with Gasteiger partial charge in [0, 0.05) is 10.3 Å². The molecule has 0 aliphatic heterocycles. The van der Waals surface area contributed by atoms with Crippen LogP contribution in [0.2, 0.25) is 0 Å². The smallest absolute Gasteiger partial charge is 0.307 e. The molecule has 0 aliphatic carbocycles. The van der Waals surface area contributed by atoms with E-state index in [0.717, 1.165) is 22.3 Å². The molecule has 0 aliphatic rings. The lowest BCUT2D eigenvalue weighted by atomic mass is 10.0. The normalized spacial score (nSPS) is 10.7. The van der Waals surface area contributed by atoms with Crippen LogP contribution in [0.25, 0.3) is 10.8 Å². The quantitative estimate of drug-likeness (QED) is 0.568. The predicted molar refractivity (Wildman–Crippen MR) is 105 cm³/mol. The lowest BCUT2D eigenvalue weighted by Gasteiger charge is -2.13. The molecule has 4 nitrogen and oxygen atoms in total. The summed E-state index contributed by atoms with van der Waals surface area (Å²) in [5.41, 5.74) is 0.698. The van der Waals surface area contributed by atoms with Gasteiger partial charge < -0.3 is 14.6 Å². The summed E-state index contributed by atoms with van der Waals surface area (Å²) in [6.45, 7) is 2.11. The van der Waals surface area contributed by atoms with Crippen LogP contribution in [0, 0.1) is 0 Å². The summed E-state index contributed by atoms with van der Waals surface area (Å²) in [4.78, 5) is 12.3. The van der Waals surface area contributed by atoms with Gasteiger partial charge in [0.2, 0.25) is 0 Å². The van der Waals surface area contributed by atoms with Gasteiger partial charge >= 0.3 is 5.97 Å². The Morgan fingerprint density at radius 2 is 1.77 bits per heavy atom. The molecule has 3 aromatic rings. The van der Waals surface area contributed by atoms with Crippen molar-refractivity contribution in [3.63, 3.8) is 0 Å². The fourth-order valence-corrected chi connectivity index (χ4v) is 3.41. The van der Waals surface area contributed by atoms with Gasteiger partial charge in [-0.15, -0.1) is 11.8 Å². The van der Waals surface area contributed by atoms with Gasteiger partial charge in [-0.1, -0.05) is 19.1 Å². The highest BCUT2D eigenvalue weighted by molar-refractivity contribution is 7.99. The summed E-state index contributed by atoms with van der Waals surface area (Å²) in [5, 5.41) is 10.9. The Balaban J connectivity index is 2.01. The summed E-state index contributed by atoms with van der Waals surface area (Å²) < 4.78 is 11.4. The van der Waals surface area contributed by atoms with Gasteiger partial charge in [0.15, 0.2) is 0 Å². The Hall–Kier alpha value is -2.66. The van der Waals surface area contributed by atoms with Crippen LogP contribution in [-0.2, 0) is 11.2 Å². The van der Waals surface area contributed by atoms with Gasteiger partial charge in [0.05, 0.1) is 13.5 Å². The molecular formula is C21H20O4S. The number of aliphatic carboxylic acids is 1. The zero-order valence-electron chi connectivity index (χ0n) is 14.7. The Kier molecular flexibility index (Phi) is 5.68. The first-order valence-electron chi connectivity index (χ1n) is 8.32. The van der Waals surface area contributed by atoms with Crippen molar-refractivity contribution in [3.8, 4) is 17.2 Å². The van der Waals surface area contributed by atoms with Gasteiger partial charge in [-0.25, -0.2) is 0 Å². The van der Waals surface area contributed by atoms with Crippen LogP contribution in [-0.4, -0.2) is 23.9 Å². The van der Waals surface area contributed by atoms with Crippen molar-refractivity contribution in [2.75, 3.05) is 12.9 Å². The highest BCUT2D eigenvalue weighted by Crippen LogP contribution is 2.34. The molecule has 3 aromatic carbocycles. The number of carbonyl (C=O) groups is 1. The van der Waals surface area contributed by atoms with Gasteiger partial charge in [-0.2, -0.15) is 0 Å². The second-order valence-electron chi connectivity index (χ2n) is 5.76. The van der Waals surface area contributed by atoms with Crippen LogP contribution in [0.5, 0.6) is 17.2 Å². The molecule has 0 radical (unpaired) electrons. The lowest BCUT2D eigenvalue weighted by molar-refractivity contribution is -0.136. The second-order valence-corrected chi connectivity index (χ2v) is 7.10. The monoisotopic (exact) mass is 368 g/mol. The van der Waals surface area contributed by atoms with Crippen molar-refractivity contribution in [2.45, 2.75) is 18.2 Å². The van der Waals surface area contributed by atoms with Crippen molar-refractivity contribution in [3.05, 3.63) is 60.2 Å². The standard InChI is InChI=1S/C21H20O4S/c1-3-26-18-8-6-16(7-9-18)25-20-11-14(12-21(22)23)10-15-4-5-17(24-2)13-19(15)20/h4-11,13H,3,12H2,1-2H3,(H,22,23). The second kappa shape index (κ2) is 8.15. The van der Waals surface area contributed by atoms with Crippen molar-refractivity contribution in [2.24, 2.45) is 0 Å². The van der Waals surface area contributed by atoms with E-state index in [1.54, 1.807) is 24.9 Å². The third-order valence-electron chi connectivity index (χ3n) is 3.90. The number of hydrogen-bond acceptors (Lipinski definition) is 4. The number of ether oxygens (including phenoxy) is 2. The number of rotatable bonds is 7. The van der Waals surface area contributed by atoms with Gasteiger partial charge in [-0.3, -0.25) is 4.79 Å². The first-order chi connectivity index (χ1) is 12.6. The Morgan fingerprint density at radius 1 is 1.04 bits per heavy atom. The van der Waals surface area contributed by atoms with Crippen molar-refractivity contribution < 1.29 is 19.4 Å². The fraction of sp³-hybridized carbons (Fsp3) is 0.190. The average molecular weight is 368 g/mol. The zero-order chi connectivity index (χ0) is 18.5. The minimum Gasteiger partial charge on any atom is -0.497 e. The third kappa shape index (κ3) is 4.29. The number of fused-ring (bicyclic) bond motifs is 1. The molecule has 0 bridgehead atoms. The van der Waals surface area contributed by atoms with E-state index in [2.05, 4.69) is 6.92 Å². The summed E-state index contributed by atoms with van der Waals surface area (Å²) in [5.74, 6) is 2.20. The number of methoxy groups -OCH3 is 1. The number of thioether (sulfide) groups is 1. The summed E-state index contributed by atoms with van der Waals surface area (Å²) in [6, 6.07) is 17.2. The van der Waals surface area contributed by atoms with E-state index < -0.39 is 5.97 Å². The average Bonchev–Trinajstić information content (AvgIpc) is 2.63. The van der Waals surface area contributed by atoms with Crippen LogP contribution in [0.3, 0.4) is 0 Å². The van der Waals surface area contributed by atoms with E-state index in [-0.39, 0.29) is 6.42 Å². The van der Waals surface area contributed by atoms with Gasteiger partial charge in [-0.05, 0) is 59.2 Å². The molecule has 134 valence electrons. The largest absolute Gasteiger partial charge is 0.497 e. The van der Waals surface area contributed by atoms with E-state index in [1.807, 2.05) is 48.5 Å². The minimum atomic E-state index is -0.871. The van der Waals surface area contributed by atoms with Crippen LogP contribution >= 0.6 is 11.8 Å². The molecule has 0 saturated carbocycles. The fourth-order valence-electron chi connectivity index (χ4n) is 2.75. The van der Waals surface area contributed by atoms with E-state index in [9.17, 15) is 4.79 Å². The molecule has 0 aromatic heterocycles. The molecule has 26 heavy (non-hydrogen) atoms. The Bertz CT molecular complexity index is 919. The first kappa shape index (κ1) is 18.1. The molecule has 0 atom stereocenters. The summed E-state index contributed by atoms with van der Waals surface area (Å²) in [7, 11) is 1.62.